The molecule has 2 rings (SSSR count). The van der Waals surface area contributed by atoms with Crippen molar-refractivity contribution in [3.63, 3.8) is 0 Å². The lowest BCUT2D eigenvalue weighted by atomic mass is 10.1. The van der Waals surface area contributed by atoms with E-state index in [1.807, 2.05) is 30.3 Å². The van der Waals surface area contributed by atoms with Crippen LogP contribution in [-0.2, 0) is 6.54 Å². The Morgan fingerprint density at radius 1 is 1.15 bits per heavy atom. The summed E-state index contributed by atoms with van der Waals surface area (Å²) < 4.78 is 19.0. The van der Waals surface area contributed by atoms with E-state index in [1.54, 1.807) is 18.2 Å². The average molecular weight is 275 g/mol. The van der Waals surface area contributed by atoms with Crippen molar-refractivity contribution in [1.82, 2.24) is 5.32 Å². The van der Waals surface area contributed by atoms with Gasteiger partial charge in [-0.25, -0.2) is 4.39 Å². The third kappa shape index (κ3) is 3.35. The molecule has 0 radical (unpaired) electrons. The standard InChI is InChI=1S/C16H18FNO2/c1-20-15-9-5-8-13(16(15)17)10-18-14(11-19)12-6-3-2-4-7-12/h2-9,14,18-19H,10-11H2,1H3. The normalized spacial score (nSPS) is 12.2. The fourth-order valence-corrected chi connectivity index (χ4v) is 2.06. The highest BCUT2D eigenvalue weighted by molar-refractivity contribution is 5.31. The van der Waals surface area contributed by atoms with Gasteiger partial charge in [-0.05, 0) is 11.6 Å². The van der Waals surface area contributed by atoms with E-state index in [0.717, 1.165) is 5.56 Å². The number of ether oxygens (including phenoxy) is 1. The van der Waals surface area contributed by atoms with E-state index in [0.29, 0.717) is 12.1 Å². The quantitative estimate of drug-likeness (QED) is 0.851. The number of hydrogen-bond donors (Lipinski definition) is 2. The van der Waals surface area contributed by atoms with Crippen LogP contribution in [0.5, 0.6) is 5.75 Å². The third-order valence-electron chi connectivity index (χ3n) is 3.19. The molecule has 106 valence electrons. The Morgan fingerprint density at radius 3 is 2.55 bits per heavy atom. The Hall–Kier alpha value is -1.91. The second-order valence-electron chi connectivity index (χ2n) is 4.46. The number of methoxy groups -OCH3 is 1. The Bertz CT molecular complexity index is 545. The van der Waals surface area contributed by atoms with E-state index in [-0.39, 0.29) is 24.2 Å². The zero-order valence-electron chi connectivity index (χ0n) is 11.3. The predicted octanol–water partition coefficient (Wildman–Crippen LogP) is 2.66. The van der Waals surface area contributed by atoms with Crippen molar-refractivity contribution in [1.29, 1.82) is 0 Å². The van der Waals surface area contributed by atoms with Gasteiger partial charge in [0.15, 0.2) is 11.6 Å². The van der Waals surface area contributed by atoms with Gasteiger partial charge in [0.1, 0.15) is 0 Å². The van der Waals surface area contributed by atoms with Gasteiger partial charge in [-0.2, -0.15) is 0 Å². The number of nitrogens with one attached hydrogen (secondary N) is 1. The number of aliphatic hydroxyl groups excluding tert-OH is 1. The molecule has 1 atom stereocenters. The highest BCUT2D eigenvalue weighted by Gasteiger charge is 2.12. The van der Waals surface area contributed by atoms with E-state index < -0.39 is 0 Å². The van der Waals surface area contributed by atoms with Gasteiger partial charge in [0.05, 0.1) is 19.8 Å². The molecule has 0 heterocycles. The summed E-state index contributed by atoms with van der Waals surface area (Å²) in [6.07, 6.45) is 0. The van der Waals surface area contributed by atoms with E-state index in [2.05, 4.69) is 5.32 Å². The number of halogens is 1. The van der Waals surface area contributed by atoms with E-state index in [4.69, 9.17) is 4.74 Å². The Balaban J connectivity index is 2.08. The van der Waals surface area contributed by atoms with E-state index in [9.17, 15) is 9.50 Å². The minimum Gasteiger partial charge on any atom is -0.494 e. The van der Waals surface area contributed by atoms with Crippen molar-refractivity contribution in [2.75, 3.05) is 13.7 Å². The first-order valence-electron chi connectivity index (χ1n) is 6.46. The van der Waals surface area contributed by atoms with Gasteiger partial charge in [-0.15, -0.1) is 0 Å². The first-order valence-corrected chi connectivity index (χ1v) is 6.46. The molecule has 0 saturated heterocycles. The first-order chi connectivity index (χ1) is 9.76. The molecule has 3 nitrogen and oxygen atoms in total. The molecule has 0 bridgehead atoms. The Kier molecular flexibility index (Phi) is 5.09. The first kappa shape index (κ1) is 14.5. The number of hydrogen-bond acceptors (Lipinski definition) is 3. The lowest BCUT2D eigenvalue weighted by Gasteiger charge is -2.17. The second kappa shape index (κ2) is 7.03. The molecule has 1 unspecified atom stereocenters. The summed E-state index contributed by atoms with van der Waals surface area (Å²) in [7, 11) is 1.44. The van der Waals surface area contributed by atoms with Crippen LogP contribution < -0.4 is 10.1 Å². The minimum absolute atomic E-state index is 0.0460. The maximum absolute atomic E-state index is 14.0. The van der Waals surface area contributed by atoms with Crippen molar-refractivity contribution in [3.05, 3.63) is 65.5 Å². The van der Waals surface area contributed by atoms with Gasteiger partial charge >= 0.3 is 0 Å². The zero-order chi connectivity index (χ0) is 14.4. The number of benzene rings is 2. The molecular weight excluding hydrogens is 257 g/mol. The SMILES string of the molecule is COc1cccc(CNC(CO)c2ccccc2)c1F. The van der Waals surface area contributed by atoms with Crippen molar-refractivity contribution >= 4 is 0 Å². The van der Waals surface area contributed by atoms with Crippen LogP contribution in [-0.4, -0.2) is 18.8 Å². The average Bonchev–Trinajstić information content (AvgIpc) is 2.50. The van der Waals surface area contributed by atoms with Gasteiger partial charge < -0.3 is 15.2 Å². The zero-order valence-corrected chi connectivity index (χ0v) is 11.3. The van der Waals surface area contributed by atoms with Crippen molar-refractivity contribution in [2.24, 2.45) is 0 Å². The van der Waals surface area contributed by atoms with Crippen LogP contribution in [0.15, 0.2) is 48.5 Å². The Morgan fingerprint density at radius 2 is 1.90 bits per heavy atom. The maximum atomic E-state index is 14.0. The van der Waals surface area contributed by atoms with E-state index in [1.165, 1.54) is 7.11 Å². The molecule has 0 spiro atoms. The van der Waals surface area contributed by atoms with Crippen LogP contribution in [0.3, 0.4) is 0 Å². The highest BCUT2D eigenvalue weighted by atomic mass is 19.1. The van der Waals surface area contributed by atoms with Crippen LogP contribution in [0.1, 0.15) is 17.2 Å². The molecule has 0 aliphatic heterocycles. The molecule has 0 saturated carbocycles. The molecule has 4 heteroatoms. The third-order valence-corrected chi connectivity index (χ3v) is 3.19. The fraction of sp³-hybridized carbons (Fsp3) is 0.250. The van der Waals surface area contributed by atoms with Crippen molar-refractivity contribution < 1.29 is 14.2 Å². The van der Waals surface area contributed by atoms with Gasteiger partial charge in [-0.1, -0.05) is 42.5 Å². The van der Waals surface area contributed by atoms with Gasteiger partial charge in [-0.3, -0.25) is 0 Å². The smallest absolute Gasteiger partial charge is 0.169 e. The molecular formula is C16H18FNO2. The van der Waals surface area contributed by atoms with Gasteiger partial charge in [0, 0.05) is 12.1 Å². The molecule has 2 N–H and O–H groups in total. The van der Waals surface area contributed by atoms with Crippen molar-refractivity contribution in [2.45, 2.75) is 12.6 Å². The highest BCUT2D eigenvalue weighted by Crippen LogP contribution is 2.21. The molecule has 0 amide bonds. The summed E-state index contributed by atoms with van der Waals surface area (Å²) in [5.41, 5.74) is 1.48. The van der Waals surface area contributed by atoms with Crippen LogP contribution >= 0.6 is 0 Å². The lowest BCUT2D eigenvalue weighted by Crippen LogP contribution is -2.24. The molecule has 0 aliphatic rings. The maximum Gasteiger partial charge on any atom is 0.169 e. The van der Waals surface area contributed by atoms with E-state index >= 15 is 0 Å². The molecule has 0 fully saturated rings. The van der Waals surface area contributed by atoms with Crippen LogP contribution in [0, 0.1) is 5.82 Å². The molecule has 2 aromatic carbocycles. The minimum atomic E-state index is -0.368. The molecule has 0 aliphatic carbocycles. The summed E-state index contributed by atoms with van der Waals surface area (Å²) in [6, 6.07) is 14.4. The second-order valence-corrected chi connectivity index (χ2v) is 4.46. The summed E-state index contributed by atoms with van der Waals surface area (Å²) in [5, 5.41) is 12.6. The molecule has 0 aromatic heterocycles. The molecule has 2 aromatic rings. The van der Waals surface area contributed by atoms with Crippen LogP contribution in [0.2, 0.25) is 0 Å². The molecule has 20 heavy (non-hydrogen) atoms. The largest absolute Gasteiger partial charge is 0.494 e. The van der Waals surface area contributed by atoms with Crippen LogP contribution in [0.4, 0.5) is 4.39 Å². The van der Waals surface area contributed by atoms with Gasteiger partial charge in [0.2, 0.25) is 0 Å². The van der Waals surface area contributed by atoms with Gasteiger partial charge in [0.25, 0.3) is 0 Å². The summed E-state index contributed by atoms with van der Waals surface area (Å²) in [4.78, 5) is 0. The predicted molar refractivity (Wildman–Crippen MR) is 76.1 cm³/mol. The lowest BCUT2D eigenvalue weighted by molar-refractivity contribution is 0.243. The number of rotatable bonds is 6. The number of aliphatic hydroxyl groups is 1. The monoisotopic (exact) mass is 275 g/mol. The Labute approximate surface area is 118 Å². The van der Waals surface area contributed by atoms with Crippen molar-refractivity contribution in [3.8, 4) is 5.75 Å². The summed E-state index contributed by atoms with van der Waals surface area (Å²) >= 11 is 0. The van der Waals surface area contributed by atoms with Crippen LogP contribution in [0.25, 0.3) is 0 Å². The fourth-order valence-electron chi connectivity index (χ4n) is 2.06. The topological polar surface area (TPSA) is 41.5 Å². The summed E-state index contributed by atoms with van der Waals surface area (Å²) in [6.45, 7) is 0.277. The summed E-state index contributed by atoms with van der Waals surface area (Å²) in [5.74, 6) is -0.142.